The van der Waals surface area contributed by atoms with Crippen LogP contribution in [0.15, 0.2) is 0 Å². The first-order valence-corrected chi connectivity index (χ1v) is 0. The van der Waals surface area contributed by atoms with Gasteiger partial charge >= 0.3 is 34.1 Å². The molecule has 8 heteroatoms. The summed E-state index contributed by atoms with van der Waals surface area (Å²) in [7, 11) is 0. The summed E-state index contributed by atoms with van der Waals surface area (Å²) in [5, 5.41) is 0. The quantitative estimate of drug-likeness (QED) is 0.385. The Hall–Kier alpha value is 1.70. The summed E-state index contributed by atoms with van der Waals surface area (Å²) < 4.78 is 0. The SMILES string of the molecule is [Cl-].[Cl-].[Cl-].[F-].[F-].[F-].[Fe+3].[Fe+3]. The molecule has 0 aliphatic heterocycles. The van der Waals surface area contributed by atoms with Gasteiger partial charge in [0.25, 0.3) is 0 Å². The van der Waals surface area contributed by atoms with Gasteiger partial charge in [-0.25, -0.2) is 0 Å². The van der Waals surface area contributed by atoms with Crippen molar-refractivity contribution in [2.24, 2.45) is 0 Å². The molecular weight excluding hydrogens is 275 g/mol. The fourth-order valence-corrected chi connectivity index (χ4v) is 0. The van der Waals surface area contributed by atoms with Crippen LogP contribution < -0.4 is 51.3 Å². The van der Waals surface area contributed by atoms with Crippen molar-refractivity contribution in [2.75, 3.05) is 0 Å². The monoisotopic (exact) mass is 274 g/mol. The number of rotatable bonds is 0. The molecule has 0 saturated heterocycles. The van der Waals surface area contributed by atoms with Crippen molar-refractivity contribution in [3.63, 3.8) is 0 Å². The van der Waals surface area contributed by atoms with Crippen molar-refractivity contribution in [3.8, 4) is 0 Å². The average Bonchev–Trinajstić information content (AvgIpc) is 0. The van der Waals surface area contributed by atoms with E-state index in [1.54, 1.807) is 0 Å². The molecule has 0 atom stereocenters. The molecule has 0 rings (SSSR count). The van der Waals surface area contributed by atoms with E-state index < -0.39 is 0 Å². The van der Waals surface area contributed by atoms with Gasteiger partial charge in [-0.3, -0.25) is 0 Å². The topological polar surface area (TPSA) is 0 Å². The van der Waals surface area contributed by atoms with Crippen LogP contribution in [0.1, 0.15) is 0 Å². The molecule has 0 aliphatic carbocycles. The molecule has 0 bridgehead atoms. The van der Waals surface area contributed by atoms with E-state index in [1.807, 2.05) is 0 Å². The van der Waals surface area contributed by atoms with Crippen molar-refractivity contribution < 1.29 is 85.5 Å². The zero-order valence-corrected chi connectivity index (χ0v) is 7.45. The van der Waals surface area contributed by atoms with Crippen LogP contribution in [0.3, 0.4) is 0 Å². The maximum absolute atomic E-state index is 0. The van der Waals surface area contributed by atoms with E-state index in [1.165, 1.54) is 0 Å². The Bertz CT molecular complexity index is 12.5. The summed E-state index contributed by atoms with van der Waals surface area (Å²) >= 11 is 0. The summed E-state index contributed by atoms with van der Waals surface area (Å²) in [5.41, 5.74) is 0. The van der Waals surface area contributed by atoms with Gasteiger partial charge in [-0.2, -0.15) is 0 Å². The van der Waals surface area contributed by atoms with Crippen molar-refractivity contribution in [1.82, 2.24) is 0 Å². The Balaban J connectivity index is 0. The Labute approximate surface area is 85.2 Å². The molecule has 8 heavy (non-hydrogen) atoms. The minimum atomic E-state index is 0. The van der Waals surface area contributed by atoms with Crippen LogP contribution in [0.5, 0.6) is 0 Å². The van der Waals surface area contributed by atoms with Gasteiger partial charge in [0.05, 0.1) is 0 Å². The predicted molar refractivity (Wildman–Crippen MR) is 0 cm³/mol. The second-order valence-electron chi connectivity index (χ2n) is 0. The van der Waals surface area contributed by atoms with Crippen LogP contribution >= 0.6 is 0 Å². The molecule has 0 aliphatic rings. The van der Waals surface area contributed by atoms with Crippen LogP contribution in [0, 0.1) is 0 Å². The normalized spacial score (nSPS) is 0. The Morgan fingerprint density at radius 2 is 0.375 bits per heavy atom. The van der Waals surface area contributed by atoms with E-state index in [0.717, 1.165) is 0 Å². The van der Waals surface area contributed by atoms with Crippen LogP contribution in [0.25, 0.3) is 0 Å². The molecule has 0 amide bonds. The second-order valence-corrected chi connectivity index (χ2v) is 0. The van der Waals surface area contributed by atoms with E-state index in [2.05, 4.69) is 0 Å². The zero-order valence-electron chi connectivity index (χ0n) is 2.97. The summed E-state index contributed by atoms with van der Waals surface area (Å²) in [6.07, 6.45) is 0. The largest absolute Gasteiger partial charge is 3.00 e. The maximum atomic E-state index is 0. The fourth-order valence-electron chi connectivity index (χ4n) is 0. The minimum absolute atomic E-state index is 0. The van der Waals surface area contributed by atoms with Crippen molar-refractivity contribution in [3.05, 3.63) is 0 Å². The van der Waals surface area contributed by atoms with Gasteiger partial charge in [-0.15, -0.1) is 0 Å². The summed E-state index contributed by atoms with van der Waals surface area (Å²) in [6, 6.07) is 0. The molecule has 0 heterocycles. The van der Waals surface area contributed by atoms with Crippen molar-refractivity contribution in [1.29, 1.82) is 0 Å². The van der Waals surface area contributed by atoms with E-state index in [9.17, 15) is 0 Å². The Morgan fingerprint density at radius 3 is 0.375 bits per heavy atom. The van der Waals surface area contributed by atoms with Gasteiger partial charge in [-0.05, 0) is 0 Å². The van der Waals surface area contributed by atoms with E-state index in [-0.39, 0.29) is 85.5 Å². The summed E-state index contributed by atoms with van der Waals surface area (Å²) in [5.74, 6) is 0. The number of halogens is 6. The molecule has 58 valence electrons. The maximum Gasteiger partial charge on any atom is 3.00 e. The molecule has 0 fully saturated rings. The number of hydrogen-bond donors (Lipinski definition) is 0. The van der Waals surface area contributed by atoms with Crippen LogP contribution in [0.2, 0.25) is 0 Å². The Kier molecular flexibility index (Phi) is 5680. The first-order valence-electron chi connectivity index (χ1n) is 0. The van der Waals surface area contributed by atoms with Gasteiger partial charge in [-0.1, -0.05) is 0 Å². The third-order valence-electron chi connectivity index (χ3n) is 0. The van der Waals surface area contributed by atoms with Gasteiger partial charge in [0.2, 0.25) is 0 Å². The van der Waals surface area contributed by atoms with E-state index >= 15 is 0 Å². The van der Waals surface area contributed by atoms with Gasteiger partial charge in [0.1, 0.15) is 0 Å². The first kappa shape index (κ1) is 254. The van der Waals surface area contributed by atoms with Crippen LogP contribution in [-0.4, -0.2) is 0 Å². The Morgan fingerprint density at radius 1 is 0.375 bits per heavy atom. The summed E-state index contributed by atoms with van der Waals surface area (Å²) in [4.78, 5) is 0. The third-order valence-corrected chi connectivity index (χ3v) is 0. The summed E-state index contributed by atoms with van der Waals surface area (Å²) in [6.45, 7) is 0. The zero-order chi connectivity index (χ0) is 0. The standard InChI is InChI=1S/3ClH.3FH.2Fe/h6*1H;;/q;;;;;;2*+3/p-6. The molecule has 0 N–H and O–H groups in total. The van der Waals surface area contributed by atoms with Gasteiger partial charge in [0, 0.05) is 0 Å². The second kappa shape index (κ2) is 179. The van der Waals surface area contributed by atoms with E-state index in [4.69, 9.17) is 0 Å². The molecule has 0 unspecified atom stereocenters. The molecule has 0 saturated carbocycles. The third kappa shape index (κ3) is 120. The number of hydrogen-bond acceptors (Lipinski definition) is 0. The molecular formula is Cl3F3Fe2. The molecule has 0 spiro atoms. The van der Waals surface area contributed by atoms with Crippen molar-refractivity contribution >= 4 is 0 Å². The predicted octanol–water partition coefficient (Wildman–Crippen LogP) is -18.0. The molecule has 0 aromatic rings. The van der Waals surface area contributed by atoms with Gasteiger partial charge < -0.3 is 51.3 Å². The van der Waals surface area contributed by atoms with Crippen LogP contribution in [-0.2, 0) is 34.1 Å². The van der Waals surface area contributed by atoms with E-state index in [0.29, 0.717) is 0 Å². The molecule has 2 radical (unpaired) electrons. The fraction of sp³-hybridized carbons (Fsp3) is 0. The molecule has 0 aromatic carbocycles. The molecule has 0 aromatic heterocycles. The van der Waals surface area contributed by atoms with Gasteiger partial charge in [0.15, 0.2) is 0 Å². The van der Waals surface area contributed by atoms with Crippen molar-refractivity contribution in [2.45, 2.75) is 0 Å². The van der Waals surface area contributed by atoms with Crippen LogP contribution in [0.4, 0.5) is 0 Å². The molecule has 0 nitrogen and oxygen atoms in total. The first-order chi connectivity index (χ1) is 0. The minimum Gasteiger partial charge on any atom is -1.00 e. The smallest absolute Gasteiger partial charge is 1.00 e. The average molecular weight is 275 g/mol.